The van der Waals surface area contributed by atoms with Crippen LogP contribution in [0.1, 0.15) is 17.7 Å². The first-order chi connectivity index (χ1) is 10.9. The maximum atomic E-state index is 13.7. The number of fused-ring (bicyclic) bond motifs is 1. The summed E-state index contributed by atoms with van der Waals surface area (Å²) >= 11 is 2.98. The molecule has 0 aliphatic carbocycles. The number of benzene rings is 1. The van der Waals surface area contributed by atoms with Crippen LogP contribution in [0.15, 0.2) is 22.9 Å². The number of nitriles is 1. The Labute approximate surface area is 135 Å². The Morgan fingerprint density at radius 3 is 2.70 bits per heavy atom. The molecule has 0 radical (unpaired) electrons. The summed E-state index contributed by atoms with van der Waals surface area (Å²) in [5.74, 6) is -0.894. The SMILES string of the molecule is N#Cc1cc(-n2nc(C(F)F)c3c(N)ncnc32)cc(Br)c1F. The van der Waals surface area contributed by atoms with Gasteiger partial charge in [0.05, 0.1) is 21.1 Å². The molecule has 0 bridgehead atoms. The molecule has 2 aromatic heterocycles. The minimum absolute atomic E-state index is 0.00387. The van der Waals surface area contributed by atoms with Crippen molar-refractivity contribution in [3.63, 3.8) is 0 Å². The monoisotopic (exact) mass is 382 g/mol. The highest BCUT2D eigenvalue weighted by Gasteiger charge is 2.23. The van der Waals surface area contributed by atoms with E-state index in [1.165, 1.54) is 12.1 Å². The van der Waals surface area contributed by atoms with Crippen molar-refractivity contribution in [2.24, 2.45) is 0 Å². The van der Waals surface area contributed by atoms with Gasteiger partial charge >= 0.3 is 0 Å². The van der Waals surface area contributed by atoms with Gasteiger partial charge in [0.1, 0.15) is 23.9 Å². The Bertz CT molecular complexity index is 962. The fourth-order valence-corrected chi connectivity index (χ4v) is 2.56. The average molecular weight is 383 g/mol. The van der Waals surface area contributed by atoms with Crippen molar-refractivity contribution in [1.82, 2.24) is 19.7 Å². The second-order valence-electron chi connectivity index (χ2n) is 4.46. The van der Waals surface area contributed by atoms with Crippen LogP contribution in [-0.2, 0) is 0 Å². The van der Waals surface area contributed by atoms with E-state index in [1.807, 2.05) is 0 Å². The molecule has 1 aromatic carbocycles. The highest BCUT2D eigenvalue weighted by molar-refractivity contribution is 9.10. The predicted molar refractivity (Wildman–Crippen MR) is 78.4 cm³/mol. The van der Waals surface area contributed by atoms with Crippen molar-refractivity contribution < 1.29 is 13.2 Å². The van der Waals surface area contributed by atoms with Crippen LogP contribution in [0.2, 0.25) is 0 Å². The first-order valence-electron chi connectivity index (χ1n) is 6.10. The molecule has 23 heavy (non-hydrogen) atoms. The van der Waals surface area contributed by atoms with Gasteiger partial charge in [0.15, 0.2) is 11.5 Å². The molecule has 10 heteroatoms. The summed E-state index contributed by atoms with van der Waals surface area (Å²) in [6, 6.07) is 4.17. The molecule has 0 aliphatic rings. The Balaban J connectivity index is 2.36. The number of anilines is 1. The zero-order valence-electron chi connectivity index (χ0n) is 11.1. The lowest BCUT2D eigenvalue weighted by Crippen LogP contribution is -2.01. The zero-order chi connectivity index (χ0) is 16.7. The van der Waals surface area contributed by atoms with Gasteiger partial charge < -0.3 is 5.73 Å². The molecule has 116 valence electrons. The van der Waals surface area contributed by atoms with Crippen molar-refractivity contribution in [3.8, 4) is 11.8 Å². The third-order valence-corrected chi connectivity index (χ3v) is 3.68. The number of aromatic nitrogens is 4. The number of nitrogen functional groups attached to an aromatic ring is 1. The van der Waals surface area contributed by atoms with Gasteiger partial charge in [-0.15, -0.1) is 0 Å². The molecular formula is C13H6BrF3N6. The smallest absolute Gasteiger partial charge is 0.282 e. The van der Waals surface area contributed by atoms with Gasteiger partial charge in [-0.3, -0.25) is 0 Å². The normalized spacial score (nSPS) is 11.1. The molecule has 0 unspecified atom stereocenters. The van der Waals surface area contributed by atoms with Crippen LogP contribution in [0.4, 0.5) is 19.0 Å². The lowest BCUT2D eigenvalue weighted by Gasteiger charge is -2.05. The Hall–Kier alpha value is -2.67. The van der Waals surface area contributed by atoms with E-state index < -0.39 is 17.9 Å². The number of nitrogens with zero attached hydrogens (tertiary/aromatic N) is 5. The molecule has 0 aliphatic heterocycles. The molecule has 0 atom stereocenters. The third-order valence-electron chi connectivity index (χ3n) is 3.11. The topological polar surface area (TPSA) is 93.4 Å². The highest BCUT2D eigenvalue weighted by Crippen LogP contribution is 2.32. The Morgan fingerprint density at radius 1 is 1.30 bits per heavy atom. The summed E-state index contributed by atoms with van der Waals surface area (Å²) in [4.78, 5) is 7.59. The quantitative estimate of drug-likeness (QED) is 0.734. The van der Waals surface area contributed by atoms with Gasteiger partial charge in [-0.2, -0.15) is 10.4 Å². The first-order valence-corrected chi connectivity index (χ1v) is 6.90. The van der Waals surface area contributed by atoms with E-state index in [0.717, 1.165) is 11.0 Å². The maximum Gasteiger partial charge on any atom is 0.282 e. The maximum absolute atomic E-state index is 13.7. The van der Waals surface area contributed by atoms with Crippen molar-refractivity contribution in [1.29, 1.82) is 5.26 Å². The van der Waals surface area contributed by atoms with Gasteiger partial charge in [0.2, 0.25) is 0 Å². The molecule has 2 N–H and O–H groups in total. The fraction of sp³-hybridized carbons (Fsp3) is 0.0769. The number of alkyl halides is 2. The number of rotatable bonds is 2. The molecule has 0 fully saturated rings. The summed E-state index contributed by atoms with van der Waals surface area (Å²) in [7, 11) is 0. The minimum Gasteiger partial charge on any atom is -0.383 e. The number of hydrogen-bond donors (Lipinski definition) is 1. The standard InChI is InChI=1S/C13H6BrF3N6/c14-7-2-6(1-5(3-18)9(7)15)23-13-8(10(22-23)11(16)17)12(19)20-4-21-13/h1-2,4,11H,(H2,19,20,21). The first kappa shape index (κ1) is 15.2. The molecule has 0 saturated heterocycles. The summed E-state index contributed by atoms with van der Waals surface area (Å²) in [6.45, 7) is 0. The van der Waals surface area contributed by atoms with Crippen LogP contribution < -0.4 is 5.73 Å². The fourth-order valence-electron chi connectivity index (χ4n) is 2.11. The number of nitrogens with two attached hydrogens (primary N) is 1. The van der Waals surface area contributed by atoms with E-state index >= 15 is 0 Å². The van der Waals surface area contributed by atoms with Crippen molar-refractivity contribution in [2.75, 3.05) is 5.73 Å². The van der Waals surface area contributed by atoms with E-state index in [1.54, 1.807) is 6.07 Å². The molecular weight excluding hydrogens is 377 g/mol. The number of hydrogen-bond acceptors (Lipinski definition) is 5. The Morgan fingerprint density at radius 2 is 2.04 bits per heavy atom. The minimum atomic E-state index is -2.90. The van der Waals surface area contributed by atoms with Crippen LogP contribution in [0.25, 0.3) is 16.7 Å². The van der Waals surface area contributed by atoms with Gasteiger partial charge in [0.25, 0.3) is 6.43 Å². The summed E-state index contributed by atoms with van der Waals surface area (Å²) in [5, 5.41) is 12.7. The van der Waals surface area contributed by atoms with E-state index in [9.17, 15) is 13.2 Å². The Kier molecular flexibility index (Phi) is 3.65. The van der Waals surface area contributed by atoms with Gasteiger partial charge in [-0.05, 0) is 28.1 Å². The van der Waals surface area contributed by atoms with Crippen LogP contribution in [0.5, 0.6) is 0 Å². The highest BCUT2D eigenvalue weighted by atomic mass is 79.9. The molecule has 0 amide bonds. The van der Waals surface area contributed by atoms with Crippen LogP contribution >= 0.6 is 15.9 Å². The van der Waals surface area contributed by atoms with E-state index in [2.05, 4.69) is 31.0 Å². The van der Waals surface area contributed by atoms with Crippen molar-refractivity contribution in [3.05, 3.63) is 40.0 Å². The second kappa shape index (κ2) is 5.51. The lowest BCUT2D eigenvalue weighted by molar-refractivity contribution is 0.147. The van der Waals surface area contributed by atoms with Gasteiger partial charge in [-0.1, -0.05) is 0 Å². The van der Waals surface area contributed by atoms with Crippen molar-refractivity contribution in [2.45, 2.75) is 6.43 Å². The van der Waals surface area contributed by atoms with Gasteiger partial charge in [-0.25, -0.2) is 27.8 Å². The molecule has 0 saturated carbocycles. The third kappa shape index (κ3) is 2.39. The molecule has 6 nitrogen and oxygen atoms in total. The molecule has 0 spiro atoms. The van der Waals surface area contributed by atoms with Crippen LogP contribution in [-0.4, -0.2) is 19.7 Å². The van der Waals surface area contributed by atoms with E-state index in [4.69, 9.17) is 11.0 Å². The zero-order valence-corrected chi connectivity index (χ0v) is 12.7. The summed E-state index contributed by atoms with van der Waals surface area (Å²) in [5.41, 5.74) is 5.01. The average Bonchev–Trinajstić information content (AvgIpc) is 2.91. The summed E-state index contributed by atoms with van der Waals surface area (Å²) < 4.78 is 41.2. The van der Waals surface area contributed by atoms with Crippen molar-refractivity contribution >= 4 is 32.8 Å². The molecule has 3 rings (SSSR count). The van der Waals surface area contributed by atoms with E-state index in [0.29, 0.717) is 0 Å². The van der Waals surface area contributed by atoms with Gasteiger partial charge in [0, 0.05) is 0 Å². The summed E-state index contributed by atoms with van der Waals surface area (Å²) in [6.07, 6.45) is -1.79. The predicted octanol–water partition coefficient (Wildman–Crippen LogP) is 3.11. The molecule has 2 heterocycles. The van der Waals surface area contributed by atoms with E-state index in [-0.39, 0.29) is 32.6 Å². The molecule has 3 aromatic rings. The number of halogens is 4. The van der Waals surface area contributed by atoms with Crippen LogP contribution in [0, 0.1) is 17.1 Å². The second-order valence-corrected chi connectivity index (χ2v) is 5.31. The largest absolute Gasteiger partial charge is 0.383 e. The lowest BCUT2D eigenvalue weighted by atomic mass is 10.2. The van der Waals surface area contributed by atoms with Crippen LogP contribution in [0.3, 0.4) is 0 Å².